The predicted molar refractivity (Wildman–Crippen MR) is 66.4 cm³/mol. The molecule has 0 amide bonds. The van der Waals surface area contributed by atoms with Crippen LogP contribution < -0.4 is 5.32 Å². The second kappa shape index (κ2) is 5.45. The van der Waals surface area contributed by atoms with Crippen LogP contribution in [0, 0.1) is 6.92 Å². The minimum atomic E-state index is 0.657. The maximum Gasteiger partial charge on any atom is 0.130 e. The number of aromatic nitrogens is 3. The summed E-state index contributed by atoms with van der Waals surface area (Å²) in [6.07, 6.45) is 3.71. The van der Waals surface area contributed by atoms with E-state index in [-0.39, 0.29) is 0 Å². The average molecular weight is 232 g/mol. The van der Waals surface area contributed by atoms with Crippen molar-refractivity contribution in [1.82, 2.24) is 14.8 Å². The molecule has 0 aliphatic carbocycles. The molecule has 2 aromatic heterocycles. The van der Waals surface area contributed by atoms with E-state index in [1.54, 1.807) is 13.3 Å². The van der Waals surface area contributed by atoms with Gasteiger partial charge in [0, 0.05) is 19.0 Å². The lowest BCUT2D eigenvalue weighted by Crippen LogP contribution is -2.03. The Morgan fingerprint density at radius 3 is 3.06 bits per heavy atom. The molecular formula is C12H16N4O. The van der Waals surface area contributed by atoms with Crippen molar-refractivity contribution in [2.24, 2.45) is 0 Å². The third-order valence-corrected chi connectivity index (χ3v) is 2.32. The molecule has 0 aliphatic rings. The zero-order valence-corrected chi connectivity index (χ0v) is 10.1. The average Bonchev–Trinajstić information content (AvgIpc) is 2.74. The van der Waals surface area contributed by atoms with E-state index in [2.05, 4.69) is 15.4 Å². The lowest BCUT2D eigenvalue weighted by Gasteiger charge is -2.02. The standard InChI is InChI=1S/C12H16N4O/c1-10-4-3-5-12(14-10)15-11-8-13-16(9-11)6-7-17-2/h3-5,8-9H,6-7H2,1-2H3,(H,14,15). The molecule has 2 rings (SSSR count). The van der Waals surface area contributed by atoms with E-state index in [9.17, 15) is 0 Å². The molecule has 90 valence electrons. The van der Waals surface area contributed by atoms with Crippen LogP contribution >= 0.6 is 0 Å². The van der Waals surface area contributed by atoms with Gasteiger partial charge >= 0.3 is 0 Å². The highest BCUT2D eigenvalue weighted by molar-refractivity contribution is 5.53. The quantitative estimate of drug-likeness (QED) is 0.856. The molecule has 0 spiro atoms. The van der Waals surface area contributed by atoms with Crippen molar-refractivity contribution in [3.05, 3.63) is 36.3 Å². The number of nitrogens with zero attached hydrogens (tertiary/aromatic N) is 3. The Kier molecular flexibility index (Phi) is 3.72. The fourth-order valence-corrected chi connectivity index (χ4v) is 1.50. The Hall–Kier alpha value is -1.88. The fourth-order valence-electron chi connectivity index (χ4n) is 1.50. The molecule has 17 heavy (non-hydrogen) atoms. The van der Waals surface area contributed by atoms with Crippen LogP contribution in [0.15, 0.2) is 30.6 Å². The second-order valence-corrected chi connectivity index (χ2v) is 3.77. The molecule has 0 saturated heterocycles. The lowest BCUT2D eigenvalue weighted by molar-refractivity contribution is 0.183. The Morgan fingerprint density at radius 1 is 1.41 bits per heavy atom. The van der Waals surface area contributed by atoms with Gasteiger partial charge in [-0.15, -0.1) is 0 Å². The van der Waals surface area contributed by atoms with Crippen LogP contribution in [0.3, 0.4) is 0 Å². The summed E-state index contributed by atoms with van der Waals surface area (Å²) in [4.78, 5) is 4.37. The SMILES string of the molecule is COCCn1cc(Nc2cccc(C)n2)cn1. The van der Waals surface area contributed by atoms with Gasteiger partial charge in [0.2, 0.25) is 0 Å². The highest BCUT2D eigenvalue weighted by atomic mass is 16.5. The normalized spacial score (nSPS) is 10.5. The number of nitrogens with one attached hydrogen (secondary N) is 1. The summed E-state index contributed by atoms with van der Waals surface area (Å²) in [7, 11) is 1.68. The third kappa shape index (κ3) is 3.29. The van der Waals surface area contributed by atoms with E-state index >= 15 is 0 Å². The van der Waals surface area contributed by atoms with Crippen LogP contribution in [0.2, 0.25) is 0 Å². The topological polar surface area (TPSA) is 52.0 Å². The molecule has 0 aromatic carbocycles. The first kappa shape index (κ1) is 11.6. The summed E-state index contributed by atoms with van der Waals surface area (Å²) >= 11 is 0. The molecule has 5 nitrogen and oxygen atoms in total. The number of anilines is 2. The van der Waals surface area contributed by atoms with E-state index in [0.29, 0.717) is 6.61 Å². The van der Waals surface area contributed by atoms with Crippen LogP contribution in [0.25, 0.3) is 0 Å². The van der Waals surface area contributed by atoms with Gasteiger partial charge in [0.25, 0.3) is 0 Å². The van der Waals surface area contributed by atoms with Crippen LogP contribution in [0.4, 0.5) is 11.5 Å². The Labute approximate surface area is 100 Å². The Balaban J connectivity index is 2.01. The maximum absolute atomic E-state index is 5.00. The number of pyridine rings is 1. The van der Waals surface area contributed by atoms with Gasteiger partial charge in [0.05, 0.1) is 25.0 Å². The van der Waals surface area contributed by atoms with Crippen molar-refractivity contribution in [2.75, 3.05) is 19.0 Å². The van der Waals surface area contributed by atoms with Crippen molar-refractivity contribution >= 4 is 11.5 Å². The molecule has 5 heteroatoms. The molecule has 0 aliphatic heterocycles. The van der Waals surface area contributed by atoms with Gasteiger partial charge in [0.15, 0.2) is 0 Å². The number of rotatable bonds is 5. The van der Waals surface area contributed by atoms with E-state index in [1.807, 2.05) is 36.0 Å². The minimum absolute atomic E-state index is 0.657. The van der Waals surface area contributed by atoms with Gasteiger partial charge in [-0.3, -0.25) is 4.68 Å². The van der Waals surface area contributed by atoms with Crippen LogP contribution in [0.5, 0.6) is 0 Å². The monoisotopic (exact) mass is 232 g/mol. The molecule has 1 N–H and O–H groups in total. The van der Waals surface area contributed by atoms with Gasteiger partial charge in [0.1, 0.15) is 5.82 Å². The van der Waals surface area contributed by atoms with Gasteiger partial charge < -0.3 is 10.1 Å². The summed E-state index contributed by atoms with van der Waals surface area (Å²) in [5, 5.41) is 7.42. The molecule has 0 unspecified atom stereocenters. The first-order chi connectivity index (χ1) is 8.28. The van der Waals surface area contributed by atoms with E-state index in [1.165, 1.54) is 0 Å². The summed E-state index contributed by atoms with van der Waals surface area (Å²) in [6, 6.07) is 5.87. The molecule has 0 atom stereocenters. The van der Waals surface area contributed by atoms with Crippen molar-refractivity contribution in [3.8, 4) is 0 Å². The van der Waals surface area contributed by atoms with Gasteiger partial charge in [-0.05, 0) is 19.1 Å². The van der Waals surface area contributed by atoms with Crippen molar-refractivity contribution < 1.29 is 4.74 Å². The van der Waals surface area contributed by atoms with E-state index in [4.69, 9.17) is 4.74 Å². The van der Waals surface area contributed by atoms with Crippen molar-refractivity contribution in [3.63, 3.8) is 0 Å². The minimum Gasteiger partial charge on any atom is -0.383 e. The number of hydrogen-bond donors (Lipinski definition) is 1. The van der Waals surface area contributed by atoms with Gasteiger partial charge in [-0.25, -0.2) is 4.98 Å². The summed E-state index contributed by atoms with van der Waals surface area (Å²) < 4.78 is 6.83. The predicted octanol–water partition coefficient (Wildman–Crippen LogP) is 1.98. The second-order valence-electron chi connectivity index (χ2n) is 3.77. The first-order valence-electron chi connectivity index (χ1n) is 5.50. The van der Waals surface area contributed by atoms with Crippen molar-refractivity contribution in [1.29, 1.82) is 0 Å². The van der Waals surface area contributed by atoms with Crippen LogP contribution in [0.1, 0.15) is 5.69 Å². The Bertz CT molecular complexity index is 481. The fraction of sp³-hybridized carbons (Fsp3) is 0.333. The van der Waals surface area contributed by atoms with E-state index < -0.39 is 0 Å². The van der Waals surface area contributed by atoms with Crippen molar-refractivity contribution in [2.45, 2.75) is 13.5 Å². The highest BCUT2D eigenvalue weighted by Gasteiger charge is 2.00. The summed E-state index contributed by atoms with van der Waals surface area (Å²) in [6.45, 7) is 3.37. The molecule has 0 bridgehead atoms. The van der Waals surface area contributed by atoms with E-state index in [0.717, 1.165) is 23.7 Å². The molecule has 0 radical (unpaired) electrons. The largest absolute Gasteiger partial charge is 0.383 e. The van der Waals surface area contributed by atoms with Gasteiger partial charge in [-0.1, -0.05) is 6.07 Å². The smallest absolute Gasteiger partial charge is 0.130 e. The molecule has 0 saturated carbocycles. The summed E-state index contributed by atoms with van der Waals surface area (Å²) in [5.74, 6) is 0.830. The Morgan fingerprint density at radius 2 is 2.29 bits per heavy atom. The molecule has 0 fully saturated rings. The molecular weight excluding hydrogens is 216 g/mol. The molecule has 2 heterocycles. The van der Waals surface area contributed by atoms with Crippen LogP contribution in [-0.4, -0.2) is 28.5 Å². The zero-order valence-electron chi connectivity index (χ0n) is 10.1. The zero-order chi connectivity index (χ0) is 12.1. The first-order valence-corrected chi connectivity index (χ1v) is 5.50. The van der Waals surface area contributed by atoms with Crippen LogP contribution in [-0.2, 0) is 11.3 Å². The maximum atomic E-state index is 5.00. The third-order valence-electron chi connectivity index (χ3n) is 2.32. The highest BCUT2D eigenvalue weighted by Crippen LogP contribution is 2.13. The number of methoxy groups -OCH3 is 1. The summed E-state index contributed by atoms with van der Waals surface area (Å²) in [5.41, 5.74) is 1.92. The van der Waals surface area contributed by atoms with Gasteiger partial charge in [-0.2, -0.15) is 5.10 Å². The lowest BCUT2D eigenvalue weighted by atomic mass is 10.3. The number of aryl methyl sites for hydroxylation is 1. The number of ether oxygens (including phenoxy) is 1. The number of hydrogen-bond acceptors (Lipinski definition) is 4. The molecule has 2 aromatic rings.